The lowest BCUT2D eigenvalue weighted by Gasteiger charge is -2.30. The number of hydrogen-bond donors (Lipinski definition) is 2. The van der Waals surface area contributed by atoms with Crippen LogP contribution in [-0.4, -0.2) is 25.0 Å². The number of aryl methyl sites for hydroxylation is 1. The Morgan fingerprint density at radius 2 is 2.28 bits per heavy atom. The van der Waals surface area contributed by atoms with Crippen molar-refractivity contribution in [2.45, 2.75) is 26.3 Å². The van der Waals surface area contributed by atoms with E-state index in [0.29, 0.717) is 17.0 Å². The molecule has 1 aromatic rings. The predicted molar refractivity (Wildman–Crippen MR) is 69.0 cm³/mol. The molecule has 0 aliphatic carbocycles. The third-order valence-electron chi connectivity index (χ3n) is 3.52. The average molecular weight is 250 g/mol. The van der Waals surface area contributed by atoms with E-state index in [1.165, 1.54) is 12.1 Å². The van der Waals surface area contributed by atoms with Gasteiger partial charge in [0.05, 0.1) is 0 Å². The minimum absolute atomic E-state index is 0.114. The highest BCUT2D eigenvalue weighted by Gasteiger charge is 2.23. The zero-order chi connectivity index (χ0) is 13.1. The van der Waals surface area contributed by atoms with Gasteiger partial charge in [-0.3, -0.25) is 4.79 Å². The van der Waals surface area contributed by atoms with Crippen LogP contribution in [0.4, 0.5) is 4.39 Å². The average Bonchev–Trinajstić information content (AvgIpc) is 2.35. The Labute approximate surface area is 107 Å². The molecular weight excluding hydrogens is 231 g/mol. The molecule has 98 valence electrons. The van der Waals surface area contributed by atoms with Crippen LogP contribution in [0.2, 0.25) is 0 Å². The molecule has 2 rings (SSSR count). The zero-order valence-corrected chi connectivity index (χ0v) is 10.8. The van der Waals surface area contributed by atoms with E-state index in [1.807, 2.05) is 0 Å². The SMILES string of the molecule is Cc1cc(C(=O)N[C@H]2CCNC[C@@H]2C)ccc1F. The van der Waals surface area contributed by atoms with Gasteiger partial charge in [0.1, 0.15) is 5.82 Å². The third-order valence-corrected chi connectivity index (χ3v) is 3.52. The Balaban J connectivity index is 2.04. The van der Waals surface area contributed by atoms with Crippen LogP contribution < -0.4 is 10.6 Å². The predicted octanol–water partition coefficient (Wildman–Crippen LogP) is 1.86. The van der Waals surface area contributed by atoms with Crippen LogP contribution in [0.25, 0.3) is 0 Å². The van der Waals surface area contributed by atoms with Crippen molar-refractivity contribution in [1.29, 1.82) is 0 Å². The second-order valence-electron chi connectivity index (χ2n) is 5.01. The quantitative estimate of drug-likeness (QED) is 0.841. The summed E-state index contributed by atoms with van der Waals surface area (Å²) >= 11 is 0. The molecule has 0 aromatic heterocycles. The lowest BCUT2D eigenvalue weighted by atomic mass is 9.95. The lowest BCUT2D eigenvalue weighted by Crippen LogP contribution is -2.48. The topological polar surface area (TPSA) is 41.1 Å². The smallest absolute Gasteiger partial charge is 0.251 e. The molecule has 0 radical (unpaired) electrons. The maximum absolute atomic E-state index is 13.1. The molecule has 0 saturated carbocycles. The van der Waals surface area contributed by atoms with Gasteiger partial charge in [-0.05, 0) is 56.1 Å². The van der Waals surface area contributed by atoms with Crippen LogP contribution in [-0.2, 0) is 0 Å². The second-order valence-corrected chi connectivity index (χ2v) is 5.01. The molecule has 1 aliphatic heterocycles. The van der Waals surface area contributed by atoms with Crippen LogP contribution in [0.1, 0.15) is 29.3 Å². The van der Waals surface area contributed by atoms with E-state index in [1.54, 1.807) is 13.0 Å². The number of piperidine rings is 1. The zero-order valence-electron chi connectivity index (χ0n) is 10.8. The van der Waals surface area contributed by atoms with Gasteiger partial charge >= 0.3 is 0 Å². The van der Waals surface area contributed by atoms with Gasteiger partial charge in [0, 0.05) is 11.6 Å². The van der Waals surface area contributed by atoms with Gasteiger partial charge in [-0.15, -0.1) is 0 Å². The molecule has 0 bridgehead atoms. The maximum Gasteiger partial charge on any atom is 0.251 e. The van der Waals surface area contributed by atoms with Gasteiger partial charge in [0.15, 0.2) is 0 Å². The molecule has 1 amide bonds. The number of carbonyl (C=O) groups excluding carboxylic acids is 1. The number of hydrogen-bond acceptors (Lipinski definition) is 2. The Morgan fingerprint density at radius 3 is 2.94 bits per heavy atom. The Hall–Kier alpha value is -1.42. The van der Waals surface area contributed by atoms with Crippen molar-refractivity contribution < 1.29 is 9.18 Å². The van der Waals surface area contributed by atoms with Gasteiger partial charge < -0.3 is 10.6 Å². The molecule has 2 atom stereocenters. The van der Waals surface area contributed by atoms with E-state index < -0.39 is 0 Å². The minimum Gasteiger partial charge on any atom is -0.349 e. The van der Waals surface area contributed by atoms with Gasteiger partial charge in [-0.2, -0.15) is 0 Å². The highest BCUT2D eigenvalue weighted by atomic mass is 19.1. The molecule has 3 nitrogen and oxygen atoms in total. The van der Waals surface area contributed by atoms with E-state index >= 15 is 0 Å². The standard InChI is InChI=1S/C14H19FN2O/c1-9-7-11(3-4-12(9)15)14(18)17-13-5-6-16-8-10(13)2/h3-4,7,10,13,16H,5-6,8H2,1-2H3,(H,17,18)/t10-,13-/m0/s1. The Morgan fingerprint density at radius 1 is 1.50 bits per heavy atom. The van der Waals surface area contributed by atoms with E-state index in [0.717, 1.165) is 19.5 Å². The molecule has 0 unspecified atom stereocenters. The summed E-state index contributed by atoms with van der Waals surface area (Å²) in [7, 11) is 0. The molecule has 2 N–H and O–H groups in total. The summed E-state index contributed by atoms with van der Waals surface area (Å²) in [5.41, 5.74) is 1.03. The van der Waals surface area contributed by atoms with Crippen molar-refractivity contribution in [3.8, 4) is 0 Å². The molecule has 1 fully saturated rings. The summed E-state index contributed by atoms with van der Waals surface area (Å²) in [6, 6.07) is 4.67. The maximum atomic E-state index is 13.1. The van der Waals surface area contributed by atoms with Crippen LogP contribution in [0.3, 0.4) is 0 Å². The van der Waals surface area contributed by atoms with Crippen molar-refractivity contribution in [2.75, 3.05) is 13.1 Å². The summed E-state index contributed by atoms with van der Waals surface area (Å²) < 4.78 is 13.1. The first-order valence-corrected chi connectivity index (χ1v) is 6.35. The number of carbonyl (C=O) groups is 1. The number of benzene rings is 1. The monoisotopic (exact) mass is 250 g/mol. The van der Waals surface area contributed by atoms with Crippen LogP contribution >= 0.6 is 0 Å². The van der Waals surface area contributed by atoms with E-state index in [9.17, 15) is 9.18 Å². The largest absolute Gasteiger partial charge is 0.349 e. The summed E-state index contributed by atoms with van der Waals surface area (Å²) in [6.07, 6.45) is 0.938. The molecule has 0 spiro atoms. The van der Waals surface area contributed by atoms with E-state index in [2.05, 4.69) is 17.6 Å². The highest BCUT2D eigenvalue weighted by molar-refractivity contribution is 5.94. The van der Waals surface area contributed by atoms with E-state index in [4.69, 9.17) is 0 Å². The van der Waals surface area contributed by atoms with Crippen molar-refractivity contribution in [3.05, 3.63) is 35.1 Å². The summed E-state index contributed by atoms with van der Waals surface area (Å²) in [5.74, 6) is 0.0304. The Kier molecular flexibility index (Phi) is 3.97. The van der Waals surface area contributed by atoms with Gasteiger partial charge in [0.25, 0.3) is 5.91 Å². The van der Waals surface area contributed by atoms with Gasteiger partial charge in [-0.1, -0.05) is 6.92 Å². The van der Waals surface area contributed by atoms with Crippen molar-refractivity contribution in [1.82, 2.24) is 10.6 Å². The van der Waals surface area contributed by atoms with Crippen molar-refractivity contribution >= 4 is 5.91 Å². The normalized spacial score (nSPS) is 23.7. The van der Waals surface area contributed by atoms with Crippen molar-refractivity contribution in [3.63, 3.8) is 0 Å². The summed E-state index contributed by atoms with van der Waals surface area (Å²) in [6.45, 7) is 5.64. The van der Waals surface area contributed by atoms with Gasteiger partial charge in [-0.25, -0.2) is 4.39 Å². The third kappa shape index (κ3) is 2.88. The molecule has 1 aromatic carbocycles. The number of amides is 1. The highest BCUT2D eigenvalue weighted by Crippen LogP contribution is 2.13. The van der Waals surface area contributed by atoms with Crippen LogP contribution in [0, 0.1) is 18.7 Å². The van der Waals surface area contributed by atoms with Crippen LogP contribution in [0.5, 0.6) is 0 Å². The number of halogens is 1. The molecule has 1 saturated heterocycles. The van der Waals surface area contributed by atoms with E-state index in [-0.39, 0.29) is 17.8 Å². The second kappa shape index (κ2) is 5.48. The minimum atomic E-state index is -0.276. The molecule has 4 heteroatoms. The first-order valence-electron chi connectivity index (χ1n) is 6.35. The van der Waals surface area contributed by atoms with Gasteiger partial charge in [0.2, 0.25) is 0 Å². The van der Waals surface area contributed by atoms with Crippen LogP contribution in [0.15, 0.2) is 18.2 Å². The Bertz CT molecular complexity index is 447. The van der Waals surface area contributed by atoms with Crippen molar-refractivity contribution in [2.24, 2.45) is 5.92 Å². The molecule has 1 heterocycles. The number of rotatable bonds is 2. The summed E-state index contributed by atoms with van der Waals surface area (Å²) in [4.78, 5) is 12.1. The summed E-state index contributed by atoms with van der Waals surface area (Å²) in [5, 5.41) is 6.32. The fourth-order valence-corrected chi connectivity index (χ4v) is 2.27. The number of nitrogens with one attached hydrogen (secondary N) is 2. The first-order chi connectivity index (χ1) is 8.58. The fraction of sp³-hybridized carbons (Fsp3) is 0.500. The molecule has 18 heavy (non-hydrogen) atoms. The molecule has 1 aliphatic rings. The lowest BCUT2D eigenvalue weighted by molar-refractivity contribution is 0.0914. The fourth-order valence-electron chi connectivity index (χ4n) is 2.27. The first kappa shape index (κ1) is 13.0. The molecular formula is C14H19FN2O.